The second-order valence-electron chi connectivity index (χ2n) is 5.62. The number of morpholine rings is 1. The fraction of sp³-hybridized carbons (Fsp3) is 0.222. The zero-order chi connectivity index (χ0) is 16.4. The van der Waals surface area contributed by atoms with Crippen LogP contribution in [0.5, 0.6) is 0 Å². The van der Waals surface area contributed by atoms with Gasteiger partial charge >= 0.3 is 0 Å². The van der Waals surface area contributed by atoms with Crippen molar-refractivity contribution < 1.29 is 9.53 Å². The molecule has 2 aromatic heterocycles. The maximum Gasteiger partial charge on any atom is 0.273 e. The van der Waals surface area contributed by atoms with Gasteiger partial charge in [0.05, 0.1) is 25.0 Å². The Bertz CT molecular complexity index is 864. The number of carbonyl (C=O) groups is 1. The summed E-state index contributed by atoms with van der Waals surface area (Å²) in [5.41, 5.74) is 1.22. The molecule has 0 bridgehead atoms. The summed E-state index contributed by atoms with van der Waals surface area (Å²) < 4.78 is 5.75. The Balaban J connectivity index is 1.62. The normalized spacial score (nSPS) is 17.8. The van der Waals surface area contributed by atoms with E-state index in [-0.39, 0.29) is 12.0 Å². The van der Waals surface area contributed by atoms with Crippen molar-refractivity contribution in [3.8, 4) is 0 Å². The summed E-state index contributed by atoms with van der Waals surface area (Å²) in [6, 6.07) is 9.69. The molecule has 6 heteroatoms. The van der Waals surface area contributed by atoms with E-state index in [1.165, 1.54) is 0 Å². The maximum absolute atomic E-state index is 13.0. The van der Waals surface area contributed by atoms with Gasteiger partial charge in [-0.15, -0.1) is 0 Å². The molecule has 24 heavy (non-hydrogen) atoms. The first-order chi connectivity index (χ1) is 11.8. The molecule has 0 radical (unpaired) electrons. The van der Waals surface area contributed by atoms with Gasteiger partial charge in [-0.1, -0.05) is 24.3 Å². The molecule has 3 heterocycles. The minimum Gasteiger partial charge on any atom is -0.368 e. The van der Waals surface area contributed by atoms with Gasteiger partial charge in [0.2, 0.25) is 0 Å². The molecule has 0 N–H and O–H groups in total. The molecule has 0 spiro atoms. The predicted molar refractivity (Wildman–Crippen MR) is 88.4 cm³/mol. The Morgan fingerprint density at radius 3 is 2.92 bits per heavy atom. The first-order valence-corrected chi connectivity index (χ1v) is 7.83. The van der Waals surface area contributed by atoms with Gasteiger partial charge in [-0.25, -0.2) is 0 Å². The highest BCUT2D eigenvalue weighted by atomic mass is 16.5. The number of nitrogens with zero attached hydrogens (tertiary/aromatic N) is 4. The highest BCUT2D eigenvalue weighted by molar-refractivity contribution is 6.05. The first kappa shape index (κ1) is 14.7. The molecule has 1 aliphatic heterocycles. The second kappa shape index (κ2) is 6.33. The van der Waals surface area contributed by atoms with E-state index in [1.54, 1.807) is 29.7 Å². The van der Waals surface area contributed by atoms with Crippen molar-refractivity contribution in [2.45, 2.75) is 6.10 Å². The van der Waals surface area contributed by atoms with Crippen molar-refractivity contribution in [1.29, 1.82) is 0 Å². The number of amides is 1. The number of aromatic nitrogens is 3. The third kappa shape index (κ3) is 2.72. The summed E-state index contributed by atoms with van der Waals surface area (Å²) >= 11 is 0. The first-order valence-electron chi connectivity index (χ1n) is 7.83. The molecule has 1 atom stereocenters. The summed E-state index contributed by atoms with van der Waals surface area (Å²) in [4.78, 5) is 27.4. The molecule has 4 rings (SSSR count). The largest absolute Gasteiger partial charge is 0.368 e. The second-order valence-corrected chi connectivity index (χ2v) is 5.62. The number of fused-ring (bicyclic) bond motifs is 1. The van der Waals surface area contributed by atoms with Crippen LogP contribution >= 0.6 is 0 Å². The van der Waals surface area contributed by atoms with Crippen molar-refractivity contribution in [2.24, 2.45) is 0 Å². The van der Waals surface area contributed by atoms with Crippen LogP contribution in [0.1, 0.15) is 22.3 Å². The van der Waals surface area contributed by atoms with Crippen LogP contribution in [-0.4, -0.2) is 45.5 Å². The number of carbonyl (C=O) groups excluding carboxylic acids is 1. The summed E-state index contributed by atoms with van der Waals surface area (Å²) in [5.74, 6) is -0.0796. The van der Waals surface area contributed by atoms with Crippen LogP contribution < -0.4 is 0 Å². The van der Waals surface area contributed by atoms with E-state index in [0.29, 0.717) is 25.4 Å². The van der Waals surface area contributed by atoms with Gasteiger partial charge in [0.15, 0.2) is 0 Å². The average molecular weight is 320 g/mol. The molecule has 1 saturated heterocycles. The molecule has 6 nitrogen and oxygen atoms in total. The van der Waals surface area contributed by atoms with Gasteiger partial charge in [-0.2, -0.15) is 0 Å². The van der Waals surface area contributed by atoms with Crippen molar-refractivity contribution in [3.05, 3.63) is 66.5 Å². The van der Waals surface area contributed by atoms with E-state index in [9.17, 15) is 4.79 Å². The van der Waals surface area contributed by atoms with Crippen molar-refractivity contribution in [3.63, 3.8) is 0 Å². The molecule has 1 fully saturated rings. The molecule has 0 unspecified atom stereocenters. The van der Waals surface area contributed by atoms with E-state index >= 15 is 0 Å². The van der Waals surface area contributed by atoms with E-state index in [0.717, 1.165) is 16.5 Å². The molecule has 0 saturated carbocycles. The summed E-state index contributed by atoms with van der Waals surface area (Å²) in [5, 5.41) is 1.88. The van der Waals surface area contributed by atoms with Crippen LogP contribution in [0.4, 0.5) is 0 Å². The Hall–Kier alpha value is -2.86. The van der Waals surface area contributed by atoms with Gasteiger partial charge in [-0.05, 0) is 11.5 Å². The SMILES string of the molecule is O=C(c1nccc2ccccc12)N1CCO[C@H](c2cnccn2)C1. The van der Waals surface area contributed by atoms with Crippen LogP contribution in [0.15, 0.2) is 55.1 Å². The lowest BCUT2D eigenvalue weighted by atomic mass is 10.1. The Morgan fingerprint density at radius 2 is 2.04 bits per heavy atom. The van der Waals surface area contributed by atoms with E-state index in [1.807, 2.05) is 30.3 Å². The molecule has 1 aliphatic rings. The monoisotopic (exact) mass is 320 g/mol. The average Bonchev–Trinajstić information content (AvgIpc) is 2.68. The van der Waals surface area contributed by atoms with Crippen molar-refractivity contribution in [1.82, 2.24) is 19.9 Å². The molecule has 1 amide bonds. The zero-order valence-electron chi connectivity index (χ0n) is 13.0. The summed E-state index contributed by atoms with van der Waals surface area (Å²) in [6.07, 6.45) is 6.35. The minimum atomic E-state index is -0.258. The van der Waals surface area contributed by atoms with Crippen molar-refractivity contribution >= 4 is 16.7 Å². The highest BCUT2D eigenvalue weighted by Crippen LogP contribution is 2.23. The molecule has 0 aliphatic carbocycles. The van der Waals surface area contributed by atoms with E-state index < -0.39 is 0 Å². The van der Waals surface area contributed by atoms with E-state index in [2.05, 4.69) is 15.0 Å². The third-order valence-electron chi connectivity index (χ3n) is 4.14. The topological polar surface area (TPSA) is 68.2 Å². The van der Waals surface area contributed by atoms with Gasteiger partial charge in [0, 0.05) is 30.5 Å². The summed E-state index contributed by atoms with van der Waals surface area (Å²) in [7, 11) is 0. The Morgan fingerprint density at radius 1 is 1.12 bits per heavy atom. The molecule has 3 aromatic rings. The Labute approximate surface area is 139 Å². The van der Waals surface area contributed by atoms with Gasteiger partial charge < -0.3 is 9.64 Å². The lowest BCUT2D eigenvalue weighted by Gasteiger charge is -2.32. The predicted octanol–water partition coefficient (Wildman–Crippen LogP) is 2.24. The molecule has 1 aromatic carbocycles. The van der Waals surface area contributed by atoms with Gasteiger partial charge in [0.1, 0.15) is 11.8 Å². The molecule has 120 valence electrons. The maximum atomic E-state index is 13.0. The molecular formula is C18H16N4O2. The summed E-state index contributed by atoms with van der Waals surface area (Å²) in [6.45, 7) is 1.46. The zero-order valence-corrected chi connectivity index (χ0v) is 13.0. The van der Waals surface area contributed by atoms with Crippen LogP contribution in [0.3, 0.4) is 0 Å². The van der Waals surface area contributed by atoms with Gasteiger partial charge in [-0.3, -0.25) is 19.7 Å². The quantitative estimate of drug-likeness (QED) is 0.724. The number of hydrogen-bond acceptors (Lipinski definition) is 5. The fourth-order valence-electron chi connectivity index (χ4n) is 2.93. The number of benzene rings is 1. The minimum absolute atomic E-state index is 0.0796. The number of rotatable bonds is 2. The van der Waals surface area contributed by atoms with Crippen LogP contribution in [-0.2, 0) is 4.74 Å². The van der Waals surface area contributed by atoms with Crippen molar-refractivity contribution in [2.75, 3.05) is 19.7 Å². The number of ether oxygens (including phenoxy) is 1. The van der Waals surface area contributed by atoms with Crippen LogP contribution in [0.2, 0.25) is 0 Å². The van der Waals surface area contributed by atoms with E-state index in [4.69, 9.17) is 4.74 Å². The van der Waals surface area contributed by atoms with Gasteiger partial charge in [0.25, 0.3) is 5.91 Å². The smallest absolute Gasteiger partial charge is 0.273 e. The highest BCUT2D eigenvalue weighted by Gasteiger charge is 2.28. The van der Waals surface area contributed by atoms with Crippen LogP contribution in [0.25, 0.3) is 10.8 Å². The number of pyridine rings is 1. The Kier molecular flexibility index (Phi) is 3.88. The number of hydrogen-bond donors (Lipinski definition) is 0. The standard InChI is InChI=1S/C18H16N4O2/c23-18(17-14-4-2-1-3-13(14)5-6-21-17)22-9-10-24-16(12-22)15-11-19-7-8-20-15/h1-8,11,16H,9-10,12H2/t16-/m0/s1. The lowest BCUT2D eigenvalue weighted by Crippen LogP contribution is -2.42. The molecular weight excluding hydrogens is 304 g/mol. The van der Waals surface area contributed by atoms with Crippen LogP contribution in [0, 0.1) is 0 Å². The fourth-order valence-corrected chi connectivity index (χ4v) is 2.93. The third-order valence-corrected chi connectivity index (χ3v) is 4.14. The lowest BCUT2D eigenvalue weighted by molar-refractivity contribution is -0.0250.